The summed E-state index contributed by atoms with van der Waals surface area (Å²) in [4.78, 5) is 5.01. The molecule has 0 fully saturated rings. The third-order valence-corrected chi connectivity index (χ3v) is 20.8. The molecule has 0 atom stereocenters. The van der Waals surface area contributed by atoms with Gasteiger partial charge in [-0.25, -0.2) is 0 Å². The van der Waals surface area contributed by atoms with Crippen molar-refractivity contribution < 1.29 is 8.83 Å². The fourth-order valence-corrected chi connectivity index (χ4v) is 16.4. The van der Waals surface area contributed by atoms with Crippen LogP contribution in [-0.4, -0.2) is 0 Å². The average molecular weight is 1200 g/mol. The number of para-hydroxylation sites is 1. The van der Waals surface area contributed by atoms with Crippen molar-refractivity contribution in [3.63, 3.8) is 0 Å². The SMILES string of the molecule is CC1(C)c2ccccc2-c2c(N(c3ccc4c5ccccc5c5cc(-c6ccc(N(c7ccc(-c8ccccc8)cc7)c7cccc8c7-c7ccccc7C8(C)C)c7c6oc6ccc(-c8ccccc8)cc67)ccc5c4c3)c3cccc4oc5ccccc5c34)cccc21. The Hall–Kier alpha value is -11.7. The molecular formula is C90H62N2O2. The predicted octanol–water partition coefficient (Wildman–Crippen LogP) is 25.5. The van der Waals surface area contributed by atoms with Crippen LogP contribution in [0.25, 0.3) is 132 Å². The molecule has 0 saturated heterocycles. The molecule has 2 heterocycles. The molecule has 2 aromatic heterocycles. The summed E-state index contributed by atoms with van der Waals surface area (Å²) in [6.07, 6.45) is 0. The van der Waals surface area contributed by atoms with E-state index in [0.29, 0.717) is 0 Å². The molecule has 0 amide bonds. The van der Waals surface area contributed by atoms with Gasteiger partial charge in [0, 0.05) is 49.7 Å². The molecule has 4 heteroatoms. The van der Waals surface area contributed by atoms with Gasteiger partial charge in [-0.1, -0.05) is 246 Å². The molecule has 0 spiro atoms. The van der Waals surface area contributed by atoms with Crippen LogP contribution in [0.3, 0.4) is 0 Å². The van der Waals surface area contributed by atoms with E-state index in [2.05, 4.69) is 341 Å². The summed E-state index contributed by atoms with van der Waals surface area (Å²) >= 11 is 0. The second-order valence-electron chi connectivity index (χ2n) is 26.6. The lowest BCUT2D eigenvalue weighted by atomic mass is 9.82. The summed E-state index contributed by atoms with van der Waals surface area (Å²) in [7, 11) is 0. The minimum atomic E-state index is -0.208. The van der Waals surface area contributed by atoms with E-state index in [-0.39, 0.29) is 10.8 Å². The zero-order valence-electron chi connectivity index (χ0n) is 52.6. The third kappa shape index (κ3) is 7.93. The molecule has 2 aliphatic rings. The molecule has 0 bridgehead atoms. The Labute approximate surface area is 545 Å². The molecule has 0 aliphatic heterocycles. The van der Waals surface area contributed by atoms with Gasteiger partial charge in [0.2, 0.25) is 0 Å². The van der Waals surface area contributed by atoms with Gasteiger partial charge in [0.05, 0.1) is 33.5 Å². The average Bonchev–Trinajstić information content (AvgIpc) is 1.47. The monoisotopic (exact) mass is 1200 g/mol. The summed E-state index contributed by atoms with van der Waals surface area (Å²) in [5.41, 5.74) is 26.5. The molecule has 0 unspecified atom stereocenters. The third-order valence-electron chi connectivity index (χ3n) is 20.8. The first kappa shape index (κ1) is 54.1. The number of furan rings is 2. The predicted molar refractivity (Wildman–Crippen MR) is 394 cm³/mol. The van der Waals surface area contributed by atoms with Crippen LogP contribution in [0, 0.1) is 0 Å². The standard InChI is InChI=1S/C90H62N2O2/c1-89(2)73-31-16-13-28-67(73)84-75(89)33-19-35-77(84)91(60-44-40-57(41-45-60)55-22-7-5-8-23-55)80-50-49-62(88-87(80)72-52-58(43-51-82(72)94-88)56-24-9-6-10-25-56)59-42-47-66-70(53-59)64-27-12-11-26-63(64)65-48-46-61(54-71(65)66)92(79-37-21-39-83-86(79)69-30-15-18-38-81(69)93-83)78-36-20-34-76-85(78)68-29-14-17-32-74(68)90(76,3)4/h5-54H,1-4H3. The lowest BCUT2D eigenvalue weighted by Crippen LogP contribution is -2.16. The van der Waals surface area contributed by atoms with Crippen molar-refractivity contribution in [2.75, 3.05) is 9.80 Å². The summed E-state index contributed by atoms with van der Waals surface area (Å²) < 4.78 is 14.1. The van der Waals surface area contributed by atoms with Crippen LogP contribution in [0.5, 0.6) is 0 Å². The van der Waals surface area contributed by atoms with Gasteiger partial charge in [-0.05, 0) is 178 Å². The first-order valence-electron chi connectivity index (χ1n) is 32.7. The van der Waals surface area contributed by atoms with E-state index >= 15 is 0 Å². The molecule has 0 N–H and O–H groups in total. The topological polar surface area (TPSA) is 32.8 Å². The maximum Gasteiger partial charge on any atom is 0.145 e. The fraction of sp³-hybridized carbons (Fsp3) is 0.0667. The van der Waals surface area contributed by atoms with E-state index in [0.717, 1.165) is 106 Å². The number of benzene rings is 15. The Balaban J connectivity index is 0.848. The Kier molecular flexibility index (Phi) is 11.7. The minimum absolute atomic E-state index is 0.196. The normalized spacial score (nSPS) is 13.5. The van der Waals surface area contributed by atoms with Crippen molar-refractivity contribution in [3.8, 4) is 55.6 Å². The second-order valence-corrected chi connectivity index (χ2v) is 26.6. The first-order valence-corrected chi connectivity index (χ1v) is 32.7. The van der Waals surface area contributed by atoms with Crippen LogP contribution < -0.4 is 9.80 Å². The Bertz CT molecular complexity index is 5990. The highest BCUT2D eigenvalue weighted by molar-refractivity contribution is 6.27. The highest BCUT2D eigenvalue weighted by Crippen LogP contribution is 2.58. The van der Waals surface area contributed by atoms with Gasteiger partial charge >= 0.3 is 0 Å². The van der Waals surface area contributed by atoms with Crippen LogP contribution in [0.2, 0.25) is 0 Å². The maximum atomic E-state index is 7.43. The van der Waals surface area contributed by atoms with E-state index in [9.17, 15) is 0 Å². The number of anilines is 6. The minimum Gasteiger partial charge on any atom is -0.456 e. The maximum absolute atomic E-state index is 7.43. The molecular weight excluding hydrogens is 1140 g/mol. The number of nitrogens with zero attached hydrogens (tertiary/aromatic N) is 2. The summed E-state index contributed by atoms with van der Waals surface area (Å²) in [5, 5.41) is 11.4. The van der Waals surface area contributed by atoms with Gasteiger partial charge in [-0.3, -0.25) is 0 Å². The summed E-state index contributed by atoms with van der Waals surface area (Å²) in [6.45, 7) is 9.46. The molecule has 0 radical (unpaired) electrons. The van der Waals surface area contributed by atoms with E-state index in [1.54, 1.807) is 0 Å². The lowest BCUT2D eigenvalue weighted by molar-refractivity contribution is 0.660. The van der Waals surface area contributed by atoms with E-state index in [1.165, 1.54) is 82.4 Å². The van der Waals surface area contributed by atoms with Crippen LogP contribution in [-0.2, 0) is 10.8 Å². The van der Waals surface area contributed by atoms with Gasteiger partial charge in [0.25, 0.3) is 0 Å². The first-order chi connectivity index (χ1) is 46.2. The molecule has 94 heavy (non-hydrogen) atoms. The highest BCUT2D eigenvalue weighted by atomic mass is 16.3. The highest BCUT2D eigenvalue weighted by Gasteiger charge is 2.40. The van der Waals surface area contributed by atoms with Gasteiger partial charge in [-0.15, -0.1) is 0 Å². The Morgan fingerprint density at radius 2 is 0.691 bits per heavy atom. The van der Waals surface area contributed by atoms with Crippen molar-refractivity contribution in [1.82, 2.24) is 0 Å². The smallest absolute Gasteiger partial charge is 0.145 e. The molecule has 0 saturated carbocycles. The van der Waals surface area contributed by atoms with Crippen LogP contribution in [0.15, 0.2) is 312 Å². The number of hydrogen-bond acceptors (Lipinski definition) is 4. The largest absolute Gasteiger partial charge is 0.456 e. The second kappa shape index (κ2) is 20.4. The van der Waals surface area contributed by atoms with Crippen LogP contribution in [0.1, 0.15) is 49.9 Å². The van der Waals surface area contributed by atoms with Crippen molar-refractivity contribution in [2.45, 2.75) is 38.5 Å². The lowest BCUT2D eigenvalue weighted by Gasteiger charge is -2.30. The summed E-state index contributed by atoms with van der Waals surface area (Å²) in [5.74, 6) is 0. The fourth-order valence-electron chi connectivity index (χ4n) is 16.4. The zero-order valence-corrected chi connectivity index (χ0v) is 52.6. The van der Waals surface area contributed by atoms with Crippen LogP contribution >= 0.6 is 0 Å². The van der Waals surface area contributed by atoms with Gasteiger partial charge in [-0.2, -0.15) is 0 Å². The molecule has 17 aromatic rings. The molecule has 19 rings (SSSR count). The van der Waals surface area contributed by atoms with E-state index in [1.807, 2.05) is 0 Å². The zero-order chi connectivity index (χ0) is 62.6. The molecule has 15 aromatic carbocycles. The number of rotatable bonds is 9. The quantitative estimate of drug-likeness (QED) is 0.135. The van der Waals surface area contributed by atoms with Gasteiger partial charge in [0.1, 0.15) is 22.3 Å². The molecule has 444 valence electrons. The number of hydrogen-bond donors (Lipinski definition) is 0. The molecule has 4 nitrogen and oxygen atoms in total. The van der Waals surface area contributed by atoms with Crippen molar-refractivity contribution in [3.05, 3.63) is 326 Å². The van der Waals surface area contributed by atoms with Gasteiger partial charge in [0.15, 0.2) is 0 Å². The Morgan fingerprint density at radius 3 is 1.38 bits per heavy atom. The number of fused-ring (bicyclic) bond motifs is 18. The Morgan fingerprint density at radius 1 is 0.245 bits per heavy atom. The van der Waals surface area contributed by atoms with Crippen molar-refractivity contribution >= 4 is 110 Å². The summed E-state index contributed by atoms with van der Waals surface area (Å²) in [6, 6.07) is 112. The van der Waals surface area contributed by atoms with E-state index < -0.39 is 0 Å². The molecule has 2 aliphatic carbocycles. The van der Waals surface area contributed by atoms with Gasteiger partial charge < -0.3 is 18.6 Å². The van der Waals surface area contributed by atoms with Crippen molar-refractivity contribution in [2.24, 2.45) is 0 Å². The van der Waals surface area contributed by atoms with Crippen LogP contribution in [0.4, 0.5) is 34.1 Å². The van der Waals surface area contributed by atoms with E-state index in [4.69, 9.17) is 8.83 Å². The van der Waals surface area contributed by atoms with Crippen molar-refractivity contribution in [1.29, 1.82) is 0 Å².